The summed E-state index contributed by atoms with van der Waals surface area (Å²) in [6, 6.07) is 21.2. The van der Waals surface area contributed by atoms with Gasteiger partial charge in [-0.25, -0.2) is 0 Å². The van der Waals surface area contributed by atoms with Crippen molar-refractivity contribution in [3.8, 4) is 0 Å². The van der Waals surface area contributed by atoms with Gasteiger partial charge in [-0.2, -0.15) is 0 Å². The van der Waals surface area contributed by atoms with Gasteiger partial charge in [0.05, 0.1) is 0 Å². The van der Waals surface area contributed by atoms with Gasteiger partial charge in [0.2, 0.25) is 0 Å². The molecule has 1 nitrogen and oxygen atoms in total. The zero-order valence-corrected chi connectivity index (χ0v) is 13.7. The summed E-state index contributed by atoms with van der Waals surface area (Å²) >= 11 is 0. The van der Waals surface area contributed by atoms with Crippen molar-refractivity contribution < 1.29 is 5.11 Å². The van der Waals surface area contributed by atoms with Crippen LogP contribution >= 0.6 is 8.58 Å². The fraction of sp³-hybridized carbons (Fsp3) is 0.294. The normalized spacial score (nSPS) is 7.68. The minimum Gasteiger partial charge on any atom is -0.400 e. The fourth-order valence-corrected chi connectivity index (χ4v) is 2.26. The van der Waals surface area contributed by atoms with Crippen molar-refractivity contribution in [1.29, 1.82) is 0 Å². The number of hydrogen-bond acceptors (Lipinski definition) is 1. The topological polar surface area (TPSA) is 20.2 Å². The van der Waals surface area contributed by atoms with E-state index in [2.05, 4.69) is 60.7 Å². The lowest BCUT2D eigenvalue weighted by molar-refractivity contribution is 0.399. The zero-order chi connectivity index (χ0) is 14.9. The molecule has 0 atom stereocenters. The van der Waals surface area contributed by atoms with E-state index in [9.17, 15) is 0 Å². The van der Waals surface area contributed by atoms with Gasteiger partial charge in [0.1, 0.15) is 0 Å². The Kier molecular flexibility index (Phi) is 17.9. The first-order chi connectivity index (χ1) is 9.45. The van der Waals surface area contributed by atoms with E-state index in [1.54, 1.807) is 0 Å². The molecule has 0 spiro atoms. The second-order valence-corrected chi connectivity index (χ2v) is 4.26. The van der Waals surface area contributed by atoms with Gasteiger partial charge in [0.25, 0.3) is 0 Å². The van der Waals surface area contributed by atoms with Gasteiger partial charge in [0, 0.05) is 7.11 Å². The molecule has 106 valence electrons. The van der Waals surface area contributed by atoms with Crippen LogP contribution in [0.5, 0.6) is 0 Å². The average Bonchev–Trinajstić information content (AvgIpc) is 2.55. The monoisotopic (exact) mass is 278 g/mol. The smallest absolute Gasteiger partial charge is 0.0319 e. The van der Waals surface area contributed by atoms with E-state index in [4.69, 9.17) is 5.11 Å². The van der Waals surface area contributed by atoms with Crippen LogP contribution in [0.1, 0.15) is 27.7 Å². The molecule has 0 aliphatic heterocycles. The van der Waals surface area contributed by atoms with Crippen LogP contribution in [-0.4, -0.2) is 12.2 Å². The minimum atomic E-state index is 0.777. The molecule has 1 N–H and O–H groups in total. The molecule has 0 unspecified atom stereocenters. The summed E-state index contributed by atoms with van der Waals surface area (Å²) in [6.45, 7) is 8.00. The zero-order valence-electron chi connectivity index (χ0n) is 12.7. The van der Waals surface area contributed by atoms with Crippen LogP contribution < -0.4 is 10.6 Å². The van der Waals surface area contributed by atoms with Gasteiger partial charge in [0.15, 0.2) is 0 Å². The number of hydrogen-bond donors (Lipinski definition) is 1. The molecule has 0 amide bonds. The highest BCUT2D eigenvalue weighted by molar-refractivity contribution is 7.55. The van der Waals surface area contributed by atoms with Crippen LogP contribution in [0.3, 0.4) is 0 Å². The third kappa shape index (κ3) is 10.4. The maximum atomic E-state index is 7.00. The van der Waals surface area contributed by atoms with Crippen LogP contribution in [-0.2, 0) is 0 Å². The second-order valence-electron chi connectivity index (χ2n) is 2.86. The van der Waals surface area contributed by atoms with E-state index in [0.29, 0.717) is 0 Å². The van der Waals surface area contributed by atoms with Crippen molar-refractivity contribution in [1.82, 2.24) is 0 Å². The number of benzene rings is 2. The molecule has 0 bridgehead atoms. The molecular formula is C17H27OP. The highest BCUT2D eigenvalue weighted by Crippen LogP contribution is 2.08. The first-order valence-electron chi connectivity index (χ1n) is 6.77. The van der Waals surface area contributed by atoms with Crippen LogP contribution in [0.2, 0.25) is 0 Å². The van der Waals surface area contributed by atoms with Gasteiger partial charge in [-0.05, 0) is 10.6 Å². The molecule has 0 aliphatic carbocycles. The van der Waals surface area contributed by atoms with E-state index >= 15 is 0 Å². The molecule has 0 aromatic heterocycles. The third-order valence-corrected chi connectivity index (χ3v) is 3.08. The van der Waals surface area contributed by atoms with Gasteiger partial charge in [-0.3, -0.25) is 0 Å². The minimum absolute atomic E-state index is 0.777. The van der Waals surface area contributed by atoms with Crippen LogP contribution in [0.4, 0.5) is 0 Å². The van der Waals surface area contributed by atoms with E-state index < -0.39 is 0 Å². The van der Waals surface area contributed by atoms with Crippen molar-refractivity contribution in [2.75, 3.05) is 7.11 Å². The lowest BCUT2D eigenvalue weighted by Gasteiger charge is -2.00. The number of rotatable bonds is 2. The van der Waals surface area contributed by atoms with E-state index in [0.717, 1.165) is 15.7 Å². The van der Waals surface area contributed by atoms with E-state index in [1.807, 2.05) is 27.7 Å². The van der Waals surface area contributed by atoms with E-state index in [1.165, 1.54) is 10.6 Å². The van der Waals surface area contributed by atoms with Crippen LogP contribution in [0.15, 0.2) is 60.7 Å². The highest BCUT2D eigenvalue weighted by Gasteiger charge is 1.92. The average molecular weight is 278 g/mol. The first kappa shape index (κ1) is 20.2. The lowest BCUT2D eigenvalue weighted by Crippen LogP contribution is -2.01. The Morgan fingerprint density at radius 3 is 1.11 bits per heavy atom. The molecule has 0 saturated carbocycles. The summed E-state index contributed by atoms with van der Waals surface area (Å²) in [7, 11) is 1.78. The molecule has 2 aromatic rings. The fourth-order valence-electron chi connectivity index (χ4n) is 1.21. The summed E-state index contributed by atoms with van der Waals surface area (Å²) < 4.78 is 0. The molecule has 0 saturated heterocycles. The van der Waals surface area contributed by atoms with Crippen molar-refractivity contribution in [3.05, 3.63) is 60.7 Å². The predicted octanol–water partition coefficient (Wildman–Crippen LogP) is 3.98. The maximum absolute atomic E-state index is 7.00. The summed E-state index contributed by atoms with van der Waals surface area (Å²) in [5, 5.41) is 9.79. The summed E-state index contributed by atoms with van der Waals surface area (Å²) in [5.74, 6) is 0. The molecule has 0 aliphatic rings. The molecule has 2 aromatic carbocycles. The van der Waals surface area contributed by atoms with Crippen molar-refractivity contribution >= 4 is 19.2 Å². The summed E-state index contributed by atoms with van der Waals surface area (Å²) in [4.78, 5) is 0. The molecule has 19 heavy (non-hydrogen) atoms. The predicted molar refractivity (Wildman–Crippen MR) is 91.3 cm³/mol. The molecule has 0 heterocycles. The second kappa shape index (κ2) is 16.8. The number of aliphatic hydroxyl groups excluding tert-OH is 1. The van der Waals surface area contributed by atoms with Gasteiger partial charge in [-0.1, -0.05) is 96.9 Å². The Labute approximate surface area is 120 Å². The highest BCUT2D eigenvalue weighted by atomic mass is 31.1. The SMILES string of the molecule is CC.CC.CO.c1ccc(Pc2ccccc2)cc1. The van der Waals surface area contributed by atoms with Gasteiger partial charge >= 0.3 is 0 Å². The van der Waals surface area contributed by atoms with Gasteiger partial charge < -0.3 is 5.11 Å². The van der Waals surface area contributed by atoms with E-state index in [-0.39, 0.29) is 0 Å². The van der Waals surface area contributed by atoms with Crippen LogP contribution in [0.25, 0.3) is 0 Å². The standard InChI is InChI=1S/C12H11P.2C2H6.CH4O/c1-3-7-11(8-4-1)13-12-9-5-2-6-10-12;3*1-2/h1-10,13H;2*1-2H3;2H,1H3. The van der Waals surface area contributed by atoms with Crippen LogP contribution in [0, 0.1) is 0 Å². The molecule has 0 fully saturated rings. The Balaban J connectivity index is 0. The Morgan fingerprint density at radius 1 is 0.579 bits per heavy atom. The molecule has 2 rings (SSSR count). The third-order valence-electron chi connectivity index (χ3n) is 1.84. The molecule has 2 heteroatoms. The van der Waals surface area contributed by atoms with Crippen molar-refractivity contribution in [2.24, 2.45) is 0 Å². The Hall–Kier alpha value is -1.17. The quantitative estimate of drug-likeness (QED) is 0.824. The van der Waals surface area contributed by atoms with Crippen molar-refractivity contribution in [3.63, 3.8) is 0 Å². The Morgan fingerprint density at radius 2 is 0.842 bits per heavy atom. The number of aliphatic hydroxyl groups is 1. The summed E-state index contributed by atoms with van der Waals surface area (Å²) in [6.07, 6.45) is 0. The largest absolute Gasteiger partial charge is 0.400 e. The lowest BCUT2D eigenvalue weighted by atomic mass is 10.4. The maximum Gasteiger partial charge on any atom is 0.0319 e. The van der Waals surface area contributed by atoms with Crippen molar-refractivity contribution in [2.45, 2.75) is 27.7 Å². The Bertz CT molecular complexity index is 322. The van der Waals surface area contributed by atoms with Gasteiger partial charge in [-0.15, -0.1) is 0 Å². The molecule has 0 radical (unpaired) electrons. The molecular weight excluding hydrogens is 251 g/mol. The first-order valence-corrected chi connectivity index (χ1v) is 7.77. The summed E-state index contributed by atoms with van der Waals surface area (Å²) in [5.41, 5.74) is 0.